The fourth-order valence-electron chi connectivity index (χ4n) is 3.75. The van der Waals surface area contributed by atoms with Crippen LogP contribution in [0.25, 0.3) is 0 Å². The molecule has 0 aromatic carbocycles. The first kappa shape index (κ1) is 12.2. The van der Waals surface area contributed by atoms with Crippen LogP contribution in [0.1, 0.15) is 62.8 Å². The predicted octanol–water partition coefficient (Wildman–Crippen LogP) is 2.79. The highest BCUT2D eigenvalue weighted by Gasteiger charge is 2.43. The lowest BCUT2D eigenvalue weighted by molar-refractivity contribution is 0.0484. The van der Waals surface area contributed by atoms with E-state index in [1.807, 2.05) is 0 Å². The van der Waals surface area contributed by atoms with E-state index >= 15 is 0 Å². The van der Waals surface area contributed by atoms with E-state index in [0.717, 1.165) is 31.5 Å². The molecule has 1 N–H and O–H groups in total. The van der Waals surface area contributed by atoms with Gasteiger partial charge in [-0.1, -0.05) is 13.8 Å². The minimum atomic E-state index is -0.239. The second-order valence-electron chi connectivity index (χ2n) is 6.67. The average molecular weight is 248 g/mol. The van der Waals surface area contributed by atoms with Crippen molar-refractivity contribution in [3.8, 4) is 0 Å². The second-order valence-corrected chi connectivity index (χ2v) is 6.67. The van der Waals surface area contributed by atoms with Crippen LogP contribution in [0.5, 0.6) is 0 Å². The summed E-state index contributed by atoms with van der Waals surface area (Å²) in [6, 6.07) is 0.245. The molecule has 2 aliphatic rings. The van der Waals surface area contributed by atoms with Gasteiger partial charge < -0.3 is 9.67 Å². The zero-order valence-electron chi connectivity index (χ0n) is 11.7. The van der Waals surface area contributed by atoms with Crippen LogP contribution in [0.15, 0.2) is 0 Å². The van der Waals surface area contributed by atoms with Crippen molar-refractivity contribution in [2.75, 3.05) is 0 Å². The van der Waals surface area contributed by atoms with Crippen LogP contribution in [0.4, 0.5) is 0 Å². The van der Waals surface area contributed by atoms with Gasteiger partial charge >= 0.3 is 0 Å². The summed E-state index contributed by atoms with van der Waals surface area (Å²) in [5.74, 6) is 1.10. The number of aryl methyl sites for hydroxylation is 2. The molecule has 0 radical (unpaired) electrons. The lowest BCUT2D eigenvalue weighted by Gasteiger charge is -2.28. The van der Waals surface area contributed by atoms with E-state index in [1.165, 1.54) is 24.2 Å². The molecule has 0 spiro atoms. The summed E-state index contributed by atoms with van der Waals surface area (Å²) in [5, 5.41) is 10.6. The SMILES string of the molecule is Cc1nc2c(n1C1CCC(C)(C)C1O)CCCC2. The Labute approximate surface area is 109 Å². The van der Waals surface area contributed by atoms with E-state index in [9.17, 15) is 5.11 Å². The summed E-state index contributed by atoms with van der Waals surface area (Å²) in [5.41, 5.74) is 2.74. The fraction of sp³-hybridized carbons (Fsp3) is 0.800. The van der Waals surface area contributed by atoms with Crippen molar-refractivity contribution in [2.45, 2.75) is 71.4 Å². The van der Waals surface area contributed by atoms with E-state index < -0.39 is 0 Å². The van der Waals surface area contributed by atoms with E-state index in [1.54, 1.807) is 0 Å². The maximum atomic E-state index is 10.6. The van der Waals surface area contributed by atoms with Crippen LogP contribution < -0.4 is 0 Å². The number of aliphatic hydroxyl groups excluding tert-OH is 1. The van der Waals surface area contributed by atoms with Gasteiger partial charge in [0, 0.05) is 5.69 Å². The van der Waals surface area contributed by atoms with Crippen LogP contribution in [0, 0.1) is 12.3 Å². The van der Waals surface area contributed by atoms with Gasteiger partial charge in [-0.15, -0.1) is 0 Å². The highest BCUT2D eigenvalue weighted by molar-refractivity contribution is 5.22. The standard InChI is InChI=1S/C15H24N2O/c1-10-16-11-6-4-5-7-12(11)17(10)13-8-9-15(2,3)14(13)18/h13-14,18H,4-9H2,1-3H3. The molecule has 2 atom stereocenters. The number of nitrogens with zero attached hydrogens (tertiary/aromatic N) is 2. The molecule has 2 aliphatic carbocycles. The molecule has 100 valence electrons. The summed E-state index contributed by atoms with van der Waals surface area (Å²) in [4.78, 5) is 4.73. The Hall–Kier alpha value is -0.830. The van der Waals surface area contributed by atoms with Crippen molar-refractivity contribution < 1.29 is 5.11 Å². The fourth-order valence-corrected chi connectivity index (χ4v) is 3.75. The smallest absolute Gasteiger partial charge is 0.106 e. The third kappa shape index (κ3) is 1.71. The molecule has 3 heteroatoms. The van der Waals surface area contributed by atoms with Gasteiger partial charge in [0.05, 0.1) is 17.8 Å². The van der Waals surface area contributed by atoms with Gasteiger partial charge in [-0.2, -0.15) is 0 Å². The summed E-state index contributed by atoms with van der Waals surface area (Å²) < 4.78 is 2.36. The maximum absolute atomic E-state index is 10.6. The molecule has 0 aliphatic heterocycles. The van der Waals surface area contributed by atoms with Gasteiger partial charge in [-0.3, -0.25) is 0 Å². The largest absolute Gasteiger partial charge is 0.390 e. The number of aliphatic hydroxyl groups is 1. The number of aromatic nitrogens is 2. The lowest BCUT2D eigenvalue weighted by Crippen LogP contribution is -2.31. The lowest BCUT2D eigenvalue weighted by atomic mass is 9.88. The first-order chi connectivity index (χ1) is 8.50. The molecule has 18 heavy (non-hydrogen) atoms. The van der Waals surface area contributed by atoms with Crippen molar-refractivity contribution in [2.24, 2.45) is 5.41 Å². The summed E-state index contributed by atoms with van der Waals surface area (Å²) in [7, 11) is 0. The first-order valence-corrected chi connectivity index (χ1v) is 7.25. The minimum Gasteiger partial charge on any atom is -0.390 e. The molecule has 3 nitrogen and oxygen atoms in total. The van der Waals surface area contributed by atoms with Crippen LogP contribution in [0.3, 0.4) is 0 Å². The van der Waals surface area contributed by atoms with Crippen molar-refractivity contribution in [3.05, 3.63) is 17.2 Å². The molecule has 0 amide bonds. The van der Waals surface area contributed by atoms with E-state index in [4.69, 9.17) is 4.98 Å². The highest BCUT2D eigenvalue weighted by Crippen LogP contribution is 2.45. The third-order valence-electron chi connectivity index (χ3n) is 4.93. The van der Waals surface area contributed by atoms with Crippen LogP contribution in [-0.4, -0.2) is 20.8 Å². The molecule has 1 aromatic rings. The Morgan fingerprint density at radius 2 is 2.00 bits per heavy atom. The van der Waals surface area contributed by atoms with Gasteiger partial charge in [0.1, 0.15) is 5.82 Å². The molecule has 1 fully saturated rings. The zero-order chi connectivity index (χ0) is 12.9. The van der Waals surface area contributed by atoms with Gasteiger partial charge in [0.2, 0.25) is 0 Å². The second kappa shape index (κ2) is 4.09. The molecule has 3 rings (SSSR count). The Kier molecular flexibility index (Phi) is 2.77. The first-order valence-electron chi connectivity index (χ1n) is 7.25. The van der Waals surface area contributed by atoms with Gasteiger partial charge in [0.15, 0.2) is 0 Å². The monoisotopic (exact) mass is 248 g/mol. The predicted molar refractivity (Wildman–Crippen MR) is 71.7 cm³/mol. The van der Waals surface area contributed by atoms with E-state index in [0.29, 0.717) is 0 Å². The minimum absolute atomic E-state index is 0.0446. The summed E-state index contributed by atoms with van der Waals surface area (Å²) in [6.07, 6.45) is 6.74. The third-order valence-corrected chi connectivity index (χ3v) is 4.93. The van der Waals surface area contributed by atoms with Gasteiger partial charge in [-0.25, -0.2) is 4.98 Å². The van der Waals surface area contributed by atoms with E-state index in [-0.39, 0.29) is 17.6 Å². The van der Waals surface area contributed by atoms with Crippen molar-refractivity contribution in [1.29, 1.82) is 0 Å². The van der Waals surface area contributed by atoms with Gasteiger partial charge in [-0.05, 0) is 50.9 Å². The number of hydrogen-bond acceptors (Lipinski definition) is 2. The Bertz CT molecular complexity index is 461. The van der Waals surface area contributed by atoms with Crippen LogP contribution in [-0.2, 0) is 12.8 Å². The molecule has 1 aromatic heterocycles. The molecule has 0 saturated heterocycles. The normalized spacial score (nSPS) is 30.4. The molecule has 1 heterocycles. The van der Waals surface area contributed by atoms with Crippen molar-refractivity contribution in [3.63, 3.8) is 0 Å². The zero-order valence-corrected chi connectivity index (χ0v) is 11.7. The average Bonchev–Trinajstić information content (AvgIpc) is 2.78. The number of imidazole rings is 1. The maximum Gasteiger partial charge on any atom is 0.106 e. The topological polar surface area (TPSA) is 38.0 Å². The van der Waals surface area contributed by atoms with Crippen molar-refractivity contribution >= 4 is 0 Å². The van der Waals surface area contributed by atoms with Crippen LogP contribution >= 0.6 is 0 Å². The molecule has 2 unspecified atom stereocenters. The van der Waals surface area contributed by atoms with Crippen LogP contribution in [0.2, 0.25) is 0 Å². The molecular formula is C15H24N2O. The van der Waals surface area contributed by atoms with E-state index in [2.05, 4.69) is 25.3 Å². The molecular weight excluding hydrogens is 224 g/mol. The number of fused-ring (bicyclic) bond motifs is 1. The molecule has 0 bridgehead atoms. The Morgan fingerprint density at radius 1 is 1.28 bits per heavy atom. The highest BCUT2D eigenvalue weighted by atomic mass is 16.3. The number of rotatable bonds is 1. The molecule has 1 saturated carbocycles. The van der Waals surface area contributed by atoms with Crippen molar-refractivity contribution in [1.82, 2.24) is 9.55 Å². The quantitative estimate of drug-likeness (QED) is 0.830. The Balaban J connectivity index is 2.00. The summed E-state index contributed by atoms with van der Waals surface area (Å²) in [6.45, 7) is 6.45. The number of hydrogen-bond donors (Lipinski definition) is 1. The summed E-state index contributed by atoms with van der Waals surface area (Å²) >= 11 is 0. The van der Waals surface area contributed by atoms with Gasteiger partial charge in [0.25, 0.3) is 0 Å². The Morgan fingerprint density at radius 3 is 2.67 bits per heavy atom.